The van der Waals surface area contributed by atoms with Gasteiger partial charge in [0.1, 0.15) is 5.38 Å². The molecule has 0 aromatic carbocycles. The Morgan fingerprint density at radius 2 is 2.00 bits per heavy atom. The number of halogens is 3. The van der Waals surface area contributed by atoms with Crippen LogP contribution in [0.4, 0.5) is 0 Å². The summed E-state index contributed by atoms with van der Waals surface area (Å²) >= 11 is 16.2. The fraction of sp³-hybridized carbons (Fsp3) is 0.800. The molecule has 2 atom stereocenters. The Kier molecular flexibility index (Phi) is 5.22. The predicted octanol–water partition coefficient (Wildman–Crippen LogP) is 1.91. The number of rotatable bonds is 4. The van der Waals surface area contributed by atoms with Crippen LogP contribution in [0, 0.1) is 0 Å². The highest BCUT2D eigenvalue weighted by Gasteiger charge is 2.22. The maximum Gasteiger partial charge on any atom is 0.323 e. The van der Waals surface area contributed by atoms with Gasteiger partial charge in [0.2, 0.25) is 0 Å². The van der Waals surface area contributed by atoms with E-state index in [1.165, 1.54) is 0 Å². The molecule has 0 aliphatic rings. The van der Waals surface area contributed by atoms with E-state index in [1.807, 2.05) is 0 Å². The Hall–Kier alpha value is 0.340. The lowest BCUT2D eigenvalue weighted by Crippen LogP contribution is -2.24. The summed E-state index contributed by atoms with van der Waals surface area (Å²) in [6.45, 7) is 0. The van der Waals surface area contributed by atoms with Gasteiger partial charge < -0.3 is 5.11 Å². The van der Waals surface area contributed by atoms with Crippen molar-refractivity contribution >= 4 is 40.8 Å². The van der Waals surface area contributed by atoms with E-state index in [0.29, 0.717) is 12.3 Å². The molecule has 0 amide bonds. The van der Waals surface area contributed by atoms with E-state index in [9.17, 15) is 4.79 Å². The molecule has 2 nitrogen and oxygen atoms in total. The minimum absolute atomic E-state index is 0.324. The van der Waals surface area contributed by atoms with Gasteiger partial charge in [-0.25, -0.2) is 0 Å². The second kappa shape index (κ2) is 5.05. The third-order valence-electron chi connectivity index (χ3n) is 0.938. The SMILES string of the molecule is O=C(O)C(Cl)C(Cl)CCCl. The number of carboxylic acid groups (broad SMARTS) is 1. The van der Waals surface area contributed by atoms with Crippen LogP contribution in [0.5, 0.6) is 0 Å². The molecule has 0 rings (SSSR count). The van der Waals surface area contributed by atoms with Crippen LogP contribution < -0.4 is 0 Å². The molecule has 0 spiro atoms. The first-order chi connectivity index (χ1) is 4.59. The molecule has 0 aromatic rings. The molecule has 10 heavy (non-hydrogen) atoms. The number of hydrogen-bond donors (Lipinski definition) is 1. The van der Waals surface area contributed by atoms with Crippen molar-refractivity contribution in [2.24, 2.45) is 0 Å². The van der Waals surface area contributed by atoms with Gasteiger partial charge in [-0.1, -0.05) is 0 Å². The quantitative estimate of drug-likeness (QED) is 0.712. The first kappa shape index (κ1) is 10.3. The van der Waals surface area contributed by atoms with E-state index >= 15 is 0 Å². The molecule has 0 saturated carbocycles. The van der Waals surface area contributed by atoms with E-state index < -0.39 is 16.7 Å². The number of carbonyl (C=O) groups is 1. The average molecular weight is 205 g/mol. The molecule has 1 N–H and O–H groups in total. The van der Waals surface area contributed by atoms with Crippen molar-refractivity contribution < 1.29 is 9.90 Å². The van der Waals surface area contributed by atoms with Crippen molar-refractivity contribution in [1.82, 2.24) is 0 Å². The molecular weight excluding hydrogens is 198 g/mol. The van der Waals surface area contributed by atoms with Gasteiger partial charge in [0.25, 0.3) is 0 Å². The van der Waals surface area contributed by atoms with Crippen LogP contribution in [-0.2, 0) is 4.79 Å². The summed E-state index contributed by atoms with van der Waals surface area (Å²) in [6.07, 6.45) is 0.406. The van der Waals surface area contributed by atoms with Gasteiger partial charge in [0.05, 0.1) is 5.38 Å². The number of carboxylic acids is 1. The second-order valence-electron chi connectivity index (χ2n) is 1.73. The Morgan fingerprint density at radius 1 is 1.50 bits per heavy atom. The first-order valence-corrected chi connectivity index (χ1v) is 4.07. The second-order valence-corrected chi connectivity index (χ2v) is 3.14. The highest BCUT2D eigenvalue weighted by atomic mass is 35.5. The Bertz CT molecular complexity index is 117. The lowest BCUT2D eigenvalue weighted by Gasteiger charge is -2.08. The van der Waals surface area contributed by atoms with Crippen LogP contribution in [0.3, 0.4) is 0 Å². The summed E-state index contributed by atoms with van der Waals surface area (Å²) in [7, 11) is 0. The van der Waals surface area contributed by atoms with Crippen molar-refractivity contribution in [3.05, 3.63) is 0 Å². The maximum atomic E-state index is 10.2. The van der Waals surface area contributed by atoms with Crippen molar-refractivity contribution in [2.75, 3.05) is 5.88 Å². The van der Waals surface area contributed by atoms with Crippen LogP contribution in [-0.4, -0.2) is 27.7 Å². The third kappa shape index (κ3) is 3.49. The highest BCUT2D eigenvalue weighted by molar-refractivity contribution is 6.36. The van der Waals surface area contributed by atoms with Crippen LogP contribution in [0.15, 0.2) is 0 Å². The van der Waals surface area contributed by atoms with Gasteiger partial charge in [0, 0.05) is 5.88 Å². The van der Waals surface area contributed by atoms with Crippen molar-refractivity contribution in [1.29, 1.82) is 0 Å². The molecule has 2 unspecified atom stereocenters. The van der Waals surface area contributed by atoms with E-state index in [-0.39, 0.29) is 0 Å². The largest absolute Gasteiger partial charge is 0.480 e. The minimum atomic E-state index is -1.10. The average Bonchev–Trinajstić information content (AvgIpc) is 1.87. The third-order valence-corrected chi connectivity index (χ3v) is 2.25. The van der Waals surface area contributed by atoms with Crippen molar-refractivity contribution in [3.63, 3.8) is 0 Å². The molecule has 0 aliphatic heterocycles. The smallest absolute Gasteiger partial charge is 0.323 e. The Labute approximate surface area is 74.1 Å². The number of hydrogen-bond acceptors (Lipinski definition) is 1. The Morgan fingerprint density at radius 3 is 2.30 bits per heavy atom. The number of aliphatic carboxylic acids is 1. The van der Waals surface area contributed by atoms with Crippen molar-refractivity contribution in [2.45, 2.75) is 17.2 Å². The lowest BCUT2D eigenvalue weighted by atomic mass is 10.2. The topological polar surface area (TPSA) is 37.3 Å². The van der Waals surface area contributed by atoms with Crippen LogP contribution in [0.2, 0.25) is 0 Å². The Balaban J connectivity index is 3.69. The number of alkyl halides is 3. The minimum Gasteiger partial charge on any atom is -0.480 e. The van der Waals surface area contributed by atoms with Gasteiger partial charge in [-0.3, -0.25) is 4.79 Å². The maximum absolute atomic E-state index is 10.2. The van der Waals surface area contributed by atoms with Crippen molar-refractivity contribution in [3.8, 4) is 0 Å². The van der Waals surface area contributed by atoms with E-state index in [1.54, 1.807) is 0 Å². The molecule has 0 aliphatic carbocycles. The van der Waals surface area contributed by atoms with E-state index in [0.717, 1.165) is 0 Å². The molecule has 0 bridgehead atoms. The van der Waals surface area contributed by atoms with E-state index in [4.69, 9.17) is 39.9 Å². The van der Waals surface area contributed by atoms with E-state index in [2.05, 4.69) is 0 Å². The lowest BCUT2D eigenvalue weighted by molar-refractivity contribution is -0.136. The normalized spacial score (nSPS) is 16.3. The van der Waals surface area contributed by atoms with Crippen LogP contribution in [0.25, 0.3) is 0 Å². The van der Waals surface area contributed by atoms with Gasteiger partial charge in [0.15, 0.2) is 0 Å². The fourth-order valence-electron chi connectivity index (χ4n) is 0.405. The van der Waals surface area contributed by atoms with Gasteiger partial charge in [-0.2, -0.15) is 0 Å². The van der Waals surface area contributed by atoms with Crippen LogP contribution >= 0.6 is 34.8 Å². The molecular formula is C5H7Cl3O2. The van der Waals surface area contributed by atoms with Gasteiger partial charge in [-0.15, -0.1) is 34.8 Å². The molecule has 5 heteroatoms. The standard InChI is InChI=1S/C5H7Cl3O2/c6-2-1-3(7)4(8)5(9)10/h3-4H,1-2H2,(H,9,10). The van der Waals surface area contributed by atoms with Gasteiger partial charge in [-0.05, 0) is 6.42 Å². The monoisotopic (exact) mass is 204 g/mol. The summed E-state index contributed by atoms with van der Waals surface area (Å²) in [5.41, 5.74) is 0. The fourth-order valence-corrected chi connectivity index (χ4v) is 1.09. The molecule has 0 heterocycles. The summed E-state index contributed by atoms with van der Waals surface area (Å²) in [5, 5.41) is 6.69. The molecule has 0 saturated heterocycles. The zero-order chi connectivity index (χ0) is 8.15. The van der Waals surface area contributed by atoms with Gasteiger partial charge >= 0.3 is 5.97 Å². The summed E-state index contributed by atoms with van der Waals surface area (Å²) in [4.78, 5) is 10.2. The summed E-state index contributed by atoms with van der Waals surface area (Å²) < 4.78 is 0. The molecule has 0 aromatic heterocycles. The zero-order valence-electron chi connectivity index (χ0n) is 5.06. The predicted molar refractivity (Wildman–Crippen MR) is 42.3 cm³/mol. The molecule has 0 fully saturated rings. The van der Waals surface area contributed by atoms with Crippen LogP contribution in [0.1, 0.15) is 6.42 Å². The summed E-state index contributed by atoms with van der Waals surface area (Å²) in [5.74, 6) is -0.781. The molecule has 0 radical (unpaired) electrons. The first-order valence-electron chi connectivity index (χ1n) is 2.66. The zero-order valence-corrected chi connectivity index (χ0v) is 7.33. The summed E-state index contributed by atoms with van der Waals surface area (Å²) in [6, 6.07) is 0. The molecule has 60 valence electrons. The highest BCUT2D eigenvalue weighted by Crippen LogP contribution is 2.14.